The first-order valence-corrected chi connectivity index (χ1v) is 14.6. The smallest absolute Gasteiger partial charge is 0.330 e. The number of benzene rings is 3. The van der Waals surface area contributed by atoms with Gasteiger partial charge in [-0.25, -0.2) is 4.79 Å². The summed E-state index contributed by atoms with van der Waals surface area (Å²) in [6.45, 7) is 4.90. The molecule has 0 spiro atoms. The summed E-state index contributed by atoms with van der Waals surface area (Å²) < 4.78 is 10.8. The number of halogens is 2. The van der Waals surface area contributed by atoms with E-state index >= 15 is 0 Å². The van der Waals surface area contributed by atoms with Crippen LogP contribution in [0.25, 0.3) is 0 Å². The number of amides is 2. The molecular formula is C33H29Cl2NO6. The fraction of sp³-hybridized carbons (Fsp3) is 0.333. The van der Waals surface area contributed by atoms with E-state index in [1.54, 1.807) is 38.1 Å². The number of likely N-dealkylation sites (tertiary alicyclic amines) is 1. The van der Waals surface area contributed by atoms with Crippen molar-refractivity contribution < 1.29 is 28.7 Å². The highest BCUT2D eigenvalue weighted by atomic mass is 35.5. The Morgan fingerprint density at radius 1 is 0.762 bits per heavy atom. The maximum atomic E-state index is 14.3. The molecule has 7 nitrogen and oxygen atoms in total. The maximum Gasteiger partial charge on any atom is 0.330 e. The van der Waals surface area contributed by atoms with Crippen LogP contribution in [0, 0.1) is 17.8 Å². The Bertz CT molecular complexity index is 1510. The van der Waals surface area contributed by atoms with Crippen molar-refractivity contribution in [3.63, 3.8) is 0 Å². The molecule has 3 aromatic carbocycles. The average Bonchev–Trinajstić information content (AvgIpc) is 3.26. The minimum Gasteiger partial charge on any atom is -0.497 e. The van der Waals surface area contributed by atoms with Crippen molar-refractivity contribution in [1.29, 1.82) is 0 Å². The van der Waals surface area contributed by atoms with Gasteiger partial charge in [0.15, 0.2) is 6.10 Å². The highest BCUT2D eigenvalue weighted by Gasteiger charge is 2.74. The average molecular weight is 607 g/mol. The van der Waals surface area contributed by atoms with Crippen molar-refractivity contribution >= 4 is 46.8 Å². The molecule has 4 atom stereocenters. The minimum absolute atomic E-state index is 0.330. The van der Waals surface area contributed by atoms with E-state index in [1.807, 2.05) is 48.5 Å². The minimum atomic E-state index is -1.36. The Labute approximate surface area is 253 Å². The van der Waals surface area contributed by atoms with Gasteiger partial charge < -0.3 is 9.47 Å². The number of carbonyl (C=O) groups excluding carboxylic acids is 4. The van der Waals surface area contributed by atoms with Gasteiger partial charge in [-0.15, -0.1) is 23.2 Å². The third kappa shape index (κ3) is 3.72. The topological polar surface area (TPSA) is 90.0 Å². The van der Waals surface area contributed by atoms with Gasteiger partial charge in [0.25, 0.3) is 0 Å². The van der Waals surface area contributed by atoms with Crippen LogP contribution in [0.5, 0.6) is 5.75 Å². The van der Waals surface area contributed by atoms with Gasteiger partial charge in [0.2, 0.25) is 17.6 Å². The van der Waals surface area contributed by atoms with Crippen LogP contribution in [-0.4, -0.2) is 47.7 Å². The van der Waals surface area contributed by atoms with Crippen molar-refractivity contribution in [2.24, 2.45) is 17.8 Å². The second kappa shape index (κ2) is 9.96. The summed E-state index contributed by atoms with van der Waals surface area (Å²) in [5.41, 5.74) is 3.02. The van der Waals surface area contributed by atoms with Crippen LogP contribution in [0.2, 0.25) is 0 Å². The van der Waals surface area contributed by atoms with E-state index in [9.17, 15) is 19.2 Å². The predicted molar refractivity (Wildman–Crippen MR) is 156 cm³/mol. The number of esters is 1. The van der Waals surface area contributed by atoms with Gasteiger partial charge in [-0.2, -0.15) is 0 Å². The quantitative estimate of drug-likeness (QED) is 0.154. The van der Waals surface area contributed by atoms with Crippen LogP contribution >= 0.6 is 23.2 Å². The first-order chi connectivity index (χ1) is 20.0. The van der Waals surface area contributed by atoms with Crippen molar-refractivity contribution in [3.05, 3.63) is 101 Å². The molecule has 4 aliphatic rings. The lowest BCUT2D eigenvalue weighted by Gasteiger charge is -2.54. The predicted octanol–water partition coefficient (Wildman–Crippen LogP) is 5.43. The summed E-state index contributed by atoms with van der Waals surface area (Å²) >= 11 is 15.0. The molecule has 1 heterocycles. The van der Waals surface area contributed by atoms with Gasteiger partial charge in [-0.05, 0) is 59.4 Å². The fourth-order valence-corrected chi connectivity index (χ4v) is 8.02. The van der Waals surface area contributed by atoms with Crippen LogP contribution in [0.1, 0.15) is 53.4 Å². The Balaban J connectivity index is 1.37. The molecule has 216 valence electrons. The van der Waals surface area contributed by atoms with Gasteiger partial charge in [0.1, 0.15) is 21.5 Å². The number of methoxy groups -OCH3 is 1. The number of ketones is 1. The summed E-state index contributed by atoms with van der Waals surface area (Å²) in [5.74, 6) is -4.47. The lowest BCUT2D eigenvalue weighted by atomic mass is 9.54. The molecule has 0 unspecified atom stereocenters. The molecule has 2 amide bonds. The van der Waals surface area contributed by atoms with E-state index < -0.39 is 63.2 Å². The molecule has 42 heavy (non-hydrogen) atoms. The Morgan fingerprint density at radius 2 is 1.19 bits per heavy atom. The van der Waals surface area contributed by atoms with E-state index in [0.29, 0.717) is 33.6 Å². The molecule has 0 radical (unpaired) electrons. The lowest BCUT2D eigenvalue weighted by molar-refractivity contribution is -0.162. The Kier molecular flexibility index (Phi) is 6.74. The molecule has 1 fully saturated rings. The molecule has 2 bridgehead atoms. The zero-order valence-electron chi connectivity index (χ0n) is 23.5. The molecule has 3 aliphatic carbocycles. The molecule has 9 heteroatoms. The van der Waals surface area contributed by atoms with Crippen LogP contribution in [-0.2, 0) is 28.9 Å². The zero-order valence-corrected chi connectivity index (χ0v) is 25.0. The Hall–Kier alpha value is -3.68. The van der Waals surface area contributed by atoms with Gasteiger partial charge in [0, 0.05) is 5.56 Å². The molecule has 0 N–H and O–H groups in total. The number of hydrogen-bond acceptors (Lipinski definition) is 6. The second-order valence-electron chi connectivity index (χ2n) is 11.4. The van der Waals surface area contributed by atoms with Gasteiger partial charge in [0.05, 0.1) is 18.9 Å². The number of ether oxygens (including phenoxy) is 2. The monoisotopic (exact) mass is 605 g/mol. The van der Waals surface area contributed by atoms with Crippen molar-refractivity contribution in [3.8, 4) is 5.75 Å². The van der Waals surface area contributed by atoms with Gasteiger partial charge in [-0.1, -0.05) is 62.4 Å². The van der Waals surface area contributed by atoms with Crippen LogP contribution in [0.3, 0.4) is 0 Å². The second-order valence-corrected chi connectivity index (χ2v) is 12.6. The normalized spacial score (nSPS) is 26.8. The largest absolute Gasteiger partial charge is 0.497 e. The van der Waals surface area contributed by atoms with Gasteiger partial charge in [-0.3, -0.25) is 19.3 Å². The molecule has 1 aliphatic heterocycles. The van der Waals surface area contributed by atoms with Crippen molar-refractivity contribution in [2.45, 2.75) is 42.7 Å². The zero-order chi connectivity index (χ0) is 30.1. The van der Waals surface area contributed by atoms with Crippen LogP contribution in [0.4, 0.5) is 0 Å². The highest BCUT2D eigenvalue weighted by molar-refractivity contribution is 6.36. The van der Waals surface area contributed by atoms with Gasteiger partial charge >= 0.3 is 5.97 Å². The molecular weight excluding hydrogens is 577 g/mol. The summed E-state index contributed by atoms with van der Waals surface area (Å²) in [6, 6.07) is 19.8. The third-order valence-electron chi connectivity index (χ3n) is 8.81. The van der Waals surface area contributed by atoms with Crippen LogP contribution in [0.15, 0.2) is 72.8 Å². The lowest BCUT2D eigenvalue weighted by Crippen LogP contribution is -2.57. The van der Waals surface area contributed by atoms with Crippen LogP contribution < -0.4 is 4.74 Å². The first kappa shape index (κ1) is 28.4. The number of rotatable bonds is 7. The number of Topliss-reactive ketones (excluding diaryl/α,β-unsaturated/α-hetero) is 1. The van der Waals surface area contributed by atoms with E-state index in [0.717, 1.165) is 4.90 Å². The molecule has 7 rings (SSSR count). The molecule has 0 saturated carbocycles. The molecule has 3 aromatic rings. The van der Waals surface area contributed by atoms with E-state index in [1.165, 1.54) is 14.0 Å². The van der Waals surface area contributed by atoms with E-state index in [-0.39, 0.29) is 0 Å². The summed E-state index contributed by atoms with van der Waals surface area (Å²) in [4.78, 5) is 53.7. The third-order valence-corrected chi connectivity index (χ3v) is 10.1. The standard InChI is InChI=1S/C33H29Cl2NO6/c1-17(2)27(31(40)42-18(3)28(37)19-13-15-20(41-4)16-14-19)36-29(38)25-26(30(36)39)33(35)22-10-6-5-9-21(22)32(25,34)23-11-7-8-12-24(23)33/h5-18,25-27H,1-4H3/t18-,25+,26+,27-,32?,33?/m0/s1. The van der Waals surface area contributed by atoms with Crippen molar-refractivity contribution in [2.75, 3.05) is 7.11 Å². The number of alkyl halides is 2. The summed E-state index contributed by atoms with van der Waals surface area (Å²) in [5, 5.41) is 0. The highest BCUT2D eigenvalue weighted by Crippen LogP contribution is 2.69. The molecule has 0 aromatic heterocycles. The fourth-order valence-electron chi connectivity index (χ4n) is 6.93. The number of hydrogen-bond donors (Lipinski definition) is 0. The number of nitrogens with zero attached hydrogens (tertiary/aromatic N) is 1. The number of imide groups is 1. The molecule has 1 saturated heterocycles. The van der Waals surface area contributed by atoms with E-state index in [2.05, 4.69) is 0 Å². The maximum absolute atomic E-state index is 14.3. The van der Waals surface area contributed by atoms with Crippen molar-refractivity contribution in [1.82, 2.24) is 4.90 Å². The summed E-state index contributed by atoms with van der Waals surface area (Å²) in [7, 11) is 1.52. The van der Waals surface area contributed by atoms with E-state index in [4.69, 9.17) is 32.7 Å². The summed E-state index contributed by atoms with van der Waals surface area (Å²) in [6.07, 6.45) is -1.16. The SMILES string of the molecule is COc1ccc(C(=O)[C@H](C)OC(=O)[C@H](C(C)C)N2C(=O)[C@H]3[C@H](C2=O)C2(Cl)c4ccccc4C3(Cl)c3ccccc32)cc1. The number of carbonyl (C=O) groups is 4. The first-order valence-electron chi connectivity index (χ1n) is 13.8. The Morgan fingerprint density at radius 3 is 1.57 bits per heavy atom.